The first-order valence-corrected chi connectivity index (χ1v) is 9.90. The molecule has 1 heterocycles. The van der Waals surface area contributed by atoms with E-state index in [0.29, 0.717) is 13.0 Å². The quantitative estimate of drug-likeness (QED) is 0.663. The molecule has 31 heavy (non-hydrogen) atoms. The molecule has 168 valence electrons. The maximum atomic E-state index is 13.0. The first-order valence-electron chi connectivity index (χ1n) is 9.90. The average Bonchev–Trinajstić information content (AvgIpc) is 2.72. The first-order chi connectivity index (χ1) is 14.8. The molecule has 0 spiro atoms. The van der Waals surface area contributed by atoms with Crippen LogP contribution >= 0.6 is 0 Å². The van der Waals surface area contributed by atoms with Crippen LogP contribution in [0.1, 0.15) is 22.7 Å². The number of ether oxygens (including phenoxy) is 2. The van der Waals surface area contributed by atoms with Gasteiger partial charge in [0.2, 0.25) is 5.91 Å². The van der Waals surface area contributed by atoms with Crippen LogP contribution in [0.25, 0.3) is 0 Å². The number of aliphatic hydroxyl groups excluding tert-OH is 1. The van der Waals surface area contributed by atoms with E-state index in [0.717, 1.165) is 11.1 Å². The van der Waals surface area contributed by atoms with E-state index in [1.807, 2.05) is 18.2 Å². The molecule has 0 radical (unpaired) electrons. The van der Waals surface area contributed by atoms with Crippen molar-refractivity contribution in [1.82, 2.24) is 10.2 Å². The summed E-state index contributed by atoms with van der Waals surface area (Å²) < 4.78 is 48.1. The van der Waals surface area contributed by atoms with Gasteiger partial charge in [-0.25, -0.2) is 0 Å². The molecule has 2 aromatic rings. The Kier molecular flexibility index (Phi) is 7.53. The van der Waals surface area contributed by atoms with Crippen molar-refractivity contribution < 1.29 is 32.5 Å². The lowest BCUT2D eigenvalue weighted by Gasteiger charge is -2.38. The average molecular weight is 438 g/mol. The smallest absolute Gasteiger partial charge is 0.405 e. The van der Waals surface area contributed by atoms with E-state index >= 15 is 0 Å². The van der Waals surface area contributed by atoms with E-state index in [1.54, 1.807) is 23.1 Å². The zero-order valence-corrected chi connectivity index (χ0v) is 17.1. The summed E-state index contributed by atoms with van der Waals surface area (Å²) >= 11 is 0. The lowest BCUT2D eigenvalue weighted by molar-refractivity contribution is -0.275. The van der Waals surface area contributed by atoms with E-state index in [9.17, 15) is 23.1 Å². The van der Waals surface area contributed by atoms with Crippen molar-refractivity contribution in [2.24, 2.45) is 0 Å². The number of aliphatic hydroxyl groups is 1. The summed E-state index contributed by atoms with van der Waals surface area (Å²) in [6, 6.07) is 12.6. The number of methoxy groups -OCH3 is 1. The summed E-state index contributed by atoms with van der Waals surface area (Å²) in [5.41, 5.74) is 2.00. The first kappa shape index (κ1) is 23.1. The Morgan fingerprint density at radius 3 is 2.58 bits per heavy atom. The number of nitrogens with one attached hydrogen (secondary N) is 1. The Morgan fingerprint density at radius 2 is 1.87 bits per heavy atom. The van der Waals surface area contributed by atoms with Gasteiger partial charge in [0.1, 0.15) is 5.75 Å². The van der Waals surface area contributed by atoms with Crippen molar-refractivity contribution in [1.29, 1.82) is 0 Å². The van der Waals surface area contributed by atoms with E-state index in [2.05, 4.69) is 10.1 Å². The minimum atomic E-state index is -4.85. The van der Waals surface area contributed by atoms with E-state index in [4.69, 9.17) is 4.74 Å². The van der Waals surface area contributed by atoms with Crippen LogP contribution in [0.2, 0.25) is 0 Å². The van der Waals surface area contributed by atoms with Crippen LogP contribution < -0.4 is 10.1 Å². The molecule has 3 rings (SSSR count). The second kappa shape index (κ2) is 10.1. The van der Waals surface area contributed by atoms with Crippen LogP contribution in [-0.4, -0.2) is 61.7 Å². The van der Waals surface area contributed by atoms with Gasteiger partial charge in [-0.15, -0.1) is 13.2 Å². The predicted octanol–water partition coefficient (Wildman–Crippen LogP) is 2.66. The number of halogens is 3. The summed E-state index contributed by atoms with van der Waals surface area (Å²) in [7, 11) is 1.46. The van der Waals surface area contributed by atoms with Crippen LogP contribution in [-0.2, 0) is 16.0 Å². The zero-order chi connectivity index (χ0) is 22.4. The summed E-state index contributed by atoms with van der Waals surface area (Å²) in [4.78, 5) is 14.6. The normalized spacial score (nSPS) is 17.2. The van der Waals surface area contributed by atoms with Gasteiger partial charge < -0.3 is 24.8 Å². The molecule has 9 heteroatoms. The third-order valence-electron chi connectivity index (χ3n) is 5.06. The molecule has 0 bridgehead atoms. The predicted molar refractivity (Wildman–Crippen MR) is 108 cm³/mol. The number of alkyl halides is 3. The Morgan fingerprint density at radius 1 is 1.19 bits per heavy atom. The third kappa shape index (κ3) is 5.96. The summed E-state index contributed by atoms with van der Waals surface area (Å²) in [6.45, 7) is 0.566. The van der Waals surface area contributed by atoms with E-state index in [-0.39, 0.29) is 36.9 Å². The van der Waals surface area contributed by atoms with Gasteiger partial charge in [-0.05, 0) is 23.6 Å². The number of fused-ring (bicyclic) bond motifs is 1. The fourth-order valence-electron chi connectivity index (χ4n) is 3.79. The van der Waals surface area contributed by atoms with E-state index < -0.39 is 18.5 Å². The maximum absolute atomic E-state index is 13.0. The standard InChI is InChI=1S/C22H25F3N2O4/c1-30-14-16(28)12-26-13-20(29)27-11-10-15-6-2-3-7-17(15)21(27)18-8-4-5-9-19(18)31-22(23,24)25/h2-9,16,21,26,28H,10-14H2,1H3/t16-,21?/m0/s1. The Labute approximate surface area is 178 Å². The van der Waals surface area contributed by atoms with Crippen molar-refractivity contribution >= 4 is 5.91 Å². The van der Waals surface area contributed by atoms with Crippen LogP contribution in [0.15, 0.2) is 48.5 Å². The molecule has 6 nitrogen and oxygen atoms in total. The molecule has 0 aliphatic carbocycles. The fraction of sp³-hybridized carbons (Fsp3) is 0.409. The maximum Gasteiger partial charge on any atom is 0.573 e. The van der Waals surface area contributed by atoms with Crippen molar-refractivity contribution in [2.45, 2.75) is 24.9 Å². The summed E-state index contributed by atoms with van der Waals surface area (Å²) in [5.74, 6) is -0.621. The van der Waals surface area contributed by atoms with Gasteiger partial charge in [0.15, 0.2) is 0 Å². The molecular formula is C22H25F3N2O4. The number of benzene rings is 2. The monoisotopic (exact) mass is 438 g/mol. The molecule has 0 saturated carbocycles. The molecule has 1 unspecified atom stereocenters. The highest BCUT2D eigenvalue weighted by Crippen LogP contribution is 2.40. The van der Waals surface area contributed by atoms with Crippen LogP contribution in [0.3, 0.4) is 0 Å². The lowest BCUT2D eigenvalue weighted by Crippen LogP contribution is -2.46. The molecule has 0 saturated heterocycles. The van der Waals surface area contributed by atoms with Gasteiger partial charge in [-0.1, -0.05) is 42.5 Å². The van der Waals surface area contributed by atoms with Gasteiger partial charge in [0.25, 0.3) is 0 Å². The molecule has 0 fully saturated rings. The van der Waals surface area contributed by atoms with Crippen molar-refractivity contribution in [3.8, 4) is 5.75 Å². The second-order valence-electron chi connectivity index (χ2n) is 7.26. The summed E-state index contributed by atoms with van der Waals surface area (Å²) in [5, 5.41) is 12.6. The Bertz CT molecular complexity index is 891. The highest BCUT2D eigenvalue weighted by atomic mass is 19.4. The molecule has 1 amide bonds. The SMILES string of the molecule is COC[C@@H](O)CNCC(=O)N1CCc2ccccc2C1c1ccccc1OC(F)(F)F. The van der Waals surface area contributed by atoms with Crippen LogP contribution in [0.5, 0.6) is 5.75 Å². The van der Waals surface area contributed by atoms with Gasteiger partial charge in [0, 0.05) is 25.8 Å². The molecule has 2 aromatic carbocycles. The minimum Gasteiger partial charge on any atom is -0.405 e. The van der Waals surface area contributed by atoms with Crippen LogP contribution in [0.4, 0.5) is 13.2 Å². The molecule has 1 aliphatic rings. The van der Waals surface area contributed by atoms with Gasteiger partial charge in [-0.2, -0.15) is 0 Å². The second-order valence-corrected chi connectivity index (χ2v) is 7.26. The Balaban J connectivity index is 1.90. The number of amides is 1. The molecule has 2 N–H and O–H groups in total. The topological polar surface area (TPSA) is 71.0 Å². The van der Waals surface area contributed by atoms with Crippen molar-refractivity contribution in [3.63, 3.8) is 0 Å². The molecule has 2 atom stereocenters. The number of hydrogen-bond acceptors (Lipinski definition) is 5. The molecular weight excluding hydrogens is 413 g/mol. The van der Waals surface area contributed by atoms with Gasteiger partial charge in [-0.3, -0.25) is 4.79 Å². The molecule has 0 aromatic heterocycles. The Hall–Kier alpha value is -2.62. The number of carbonyl (C=O) groups is 1. The fourth-order valence-corrected chi connectivity index (χ4v) is 3.79. The highest BCUT2D eigenvalue weighted by Gasteiger charge is 2.37. The lowest BCUT2D eigenvalue weighted by atomic mass is 9.87. The molecule has 1 aliphatic heterocycles. The number of hydrogen-bond donors (Lipinski definition) is 2. The minimum absolute atomic E-state index is 0.0677. The van der Waals surface area contributed by atoms with Crippen molar-refractivity contribution in [3.05, 3.63) is 65.2 Å². The largest absolute Gasteiger partial charge is 0.573 e. The van der Waals surface area contributed by atoms with Gasteiger partial charge in [0.05, 0.1) is 25.3 Å². The number of nitrogens with zero attached hydrogens (tertiary/aromatic N) is 1. The summed E-state index contributed by atoms with van der Waals surface area (Å²) in [6.07, 6.45) is -5.03. The van der Waals surface area contributed by atoms with E-state index in [1.165, 1.54) is 19.2 Å². The van der Waals surface area contributed by atoms with Crippen LogP contribution in [0, 0.1) is 0 Å². The number of rotatable bonds is 8. The zero-order valence-electron chi connectivity index (χ0n) is 17.1. The number of para-hydroxylation sites is 1. The van der Waals surface area contributed by atoms with Gasteiger partial charge >= 0.3 is 6.36 Å². The third-order valence-corrected chi connectivity index (χ3v) is 5.06. The van der Waals surface area contributed by atoms with Crippen molar-refractivity contribution in [2.75, 3.05) is 33.4 Å². The highest BCUT2D eigenvalue weighted by molar-refractivity contribution is 5.80. The number of carbonyl (C=O) groups excluding carboxylic acids is 1.